The standard InChI is InChI=1S/C16H24ClNO2/c1-7-9-14(11-10-13(3)20-6)18(15(19)12-17)16(4,5)8-2/h7,9-11H,1,3,8,12H2,2,4-6H3/b11-10-,14-9+. The van der Waals surface area contributed by atoms with Crippen molar-refractivity contribution in [1.82, 2.24) is 4.90 Å². The molecule has 0 aliphatic carbocycles. The van der Waals surface area contributed by atoms with Crippen LogP contribution in [0, 0.1) is 0 Å². The molecule has 3 nitrogen and oxygen atoms in total. The number of rotatable bonds is 8. The van der Waals surface area contributed by atoms with Crippen molar-refractivity contribution in [3.8, 4) is 0 Å². The Kier molecular flexibility index (Phi) is 8.00. The van der Waals surface area contributed by atoms with Crippen molar-refractivity contribution >= 4 is 17.5 Å². The Morgan fingerprint density at radius 1 is 1.40 bits per heavy atom. The van der Waals surface area contributed by atoms with Crippen molar-refractivity contribution in [3.05, 3.63) is 48.9 Å². The van der Waals surface area contributed by atoms with Gasteiger partial charge in [-0.25, -0.2) is 0 Å². The molecule has 0 unspecified atom stereocenters. The Morgan fingerprint density at radius 2 is 2.00 bits per heavy atom. The smallest absolute Gasteiger partial charge is 0.242 e. The summed E-state index contributed by atoms with van der Waals surface area (Å²) < 4.78 is 4.99. The number of hydrogen-bond acceptors (Lipinski definition) is 2. The van der Waals surface area contributed by atoms with Gasteiger partial charge in [-0.2, -0.15) is 0 Å². The third kappa shape index (κ3) is 5.25. The third-order valence-electron chi connectivity index (χ3n) is 3.08. The molecular weight excluding hydrogens is 274 g/mol. The first-order valence-corrected chi connectivity index (χ1v) is 7.00. The molecule has 1 amide bonds. The molecule has 0 fully saturated rings. The second kappa shape index (κ2) is 8.64. The fraction of sp³-hybridized carbons (Fsp3) is 0.438. The zero-order valence-corrected chi connectivity index (χ0v) is 13.5. The van der Waals surface area contributed by atoms with Gasteiger partial charge < -0.3 is 9.64 Å². The lowest BCUT2D eigenvalue weighted by Crippen LogP contribution is -2.46. The van der Waals surface area contributed by atoms with Crippen molar-refractivity contribution < 1.29 is 9.53 Å². The van der Waals surface area contributed by atoms with Crippen molar-refractivity contribution in [1.29, 1.82) is 0 Å². The summed E-state index contributed by atoms with van der Waals surface area (Å²) in [6, 6.07) is 0. The van der Waals surface area contributed by atoms with E-state index in [2.05, 4.69) is 13.2 Å². The molecule has 0 aromatic heterocycles. The van der Waals surface area contributed by atoms with Crippen LogP contribution in [0.15, 0.2) is 48.9 Å². The first-order chi connectivity index (χ1) is 9.33. The number of amides is 1. The predicted octanol–water partition coefficient (Wildman–Crippen LogP) is 4.03. The van der Waals surface area contributed by atoms with E-state index in [1.165, 1.54) is 0 Å². The van der Waals surface area contributed by atoms with Gasteiger partial charge in [0, 0.05) is 11.2 Å². The van der Waals surface area contributed by atoms with Gasteiger partial charge in [0.15, 0.2) is 0 Å². The minimum absolute atomic E-state index is 0.0724. The van der Waals surface area contributed by atoms with E-state index in [0.717, 1.165) is 6.42 Å². The number of allylic oxidation sites excluding steroid dienone is 4. The highest BCUT2D eigenvalue weighted by atomic mass is 35.5. The normalized spacial score (nSPS) is 12.3. The summed E-state index contributed by atoms with van der Waals surface area (Å²) >= 11 is 5.73. The number of carbonyl (C=O) groups is 1. The Balaban J connectivity index is 5.63. The van der Waals surface area contributed by atoms with Crippen LogP contribution in [0.1, 0.15) is 27.2 Å². The first-order valence-electron chi connectivity index (χ1n) is 6.46. The predicted molar refractivity (Wildman–Crippen MR) is 85.5 cm³/mol. The van der Waals surface area contributed by atoms with Crippen LogP contribution in [0.5, 0.6) is 0 Å². The summed E-state index contributed by atoms with van der Waals surface area (Å²) in [5.41, 5.74) is 0.357. The SMILES string of the molecule is C=C/C=C(\C=C/C(=C)OC)N(C(=O)CCl)C(C)(C)CC. The summed E-state index contributed by atoms with van der Waals surface area (Å²) in [7, 11) is 1.54. The number of ether oxygens (including phenoxy) is 1. The molecule has 0 aromatic rings. The highest BCUT2D eigenvalue weighted by molar-refractivity contribution is 6.27. The van der Waals surface area contributed by atoms with Gasteiger partial charge in [-0.1, -0.05) is 26.2 Å². The van der Waals surface area contributed by atoms with Crippen LogP contribution < -0.4 is 0 Å². The Hall–Kier alpha value is -1.48. The van der Waals surface area contributed by atoms with Crippen LogP contribution in [-0.4, -0.2) is 29.3 Å². The quantitative estimate of drug-likeness (QED) is 0.384. The number of halogens is 1. The molecule has 0 saturated heterocycles. The second-order valence-corrected chi connectivity index (χ2v) is 5.13. The van der Waals surface area contributed by atoms with Crippen molar-refractivity contribution in [2.75, 3.05) is 13.0 Å². The van der Waals surface area contributed by atoms with Gasteiger partial charge in [0.2, 0.25) is 5.91 Å². The van der Waals surface area contributed by atoms with E-state index in [9.17, 15) is 4.79 Å². The molecule has 4 heteroatoms. The first kappa shape index (κ1) is 18.5. The van der Waals surface area contributed by atoms with E-state index in [1.807, 2.05) is 20.8 Å². The van der Waals surface area contributed by atoms with E-state index in [4.69, 9.17) is 16.3 Å². The number of alkyl halides is 1. The Bertz CT molecular complexity index is 422. The molecule has 0 aromatic carbocycles. The Morgan fingerprint density at radius 3 is 2.40 bits per heavy atom. The van der Waals surface area contributed by atoms with Crippen LogP contribution in [0.25, 0.3) is 0 Å². The summed E-state index contributed by atoms with van der Waals surface area (Å²) in [6.07, 6.45) is 7.67. The lowest BCUT2D eigenvalue weighted by Gasteiger charge is -2.38. The van der Waals surface area contributed by atoms with Crippen LogP contribution in [0.4, 0.5) is 0 Å². The average molecular weight is 298 g/mol. The Labute approximate surface area is 127 Å². The highest BCUT2D eigenvalue weighted by Crippen LogP contribution is 2.25. The fourth-order valence-electron chi connectivity index (χ4n) is 1.62. The maximum Gasteiger partial charge on any atom is 0.242 e. The molecule has 0 bridgehead atoms. The summed E-state index contributed by atoms with van der Waals surface area (Å²) in [4.78, 5) is 13.9. The van der Waals surface area contributed by atoms with Gasteiger partial charge in [-0.05, 0) is 38.5 Å². The average Bonchev–Trinajstić information content (AvgIpc) is 2.43. The molecule has 0 atom stereocenters. The van der Waals surface area contributed by atoms with Crippen molar-refractivity contribution in [2.45, 2.75) is 32.7 Å². The lowest BCUT2D eigenvalue weighted by atomic mass is 9.97. The number of hydrogen-bond donors (Lipinski definition) is 0. The van der Waals surface area contributed by atoms with Crippen LogP contribution >= 0.6 is 11.6 Å². The highest BCUT2D eigenvalue weighted by Gasteiger charge is 2.30. The van der Waals surface area contributed by atoms with Gasteiger partial charge >= 0.3 is 0 Å². The van der Waals surface area contributed by atoms with E-state index < -0.39 is 0 Å². The molecule has 0 rings (SSSR count). The molecule has 20 heavy (non-hydrogen) atoms. The van der Waals surface area contributed by atoms with Gasteiger partial charge in [0.1, 0.15) is 11.6 Å². The topological polar surface area (TPSA) is 29.5 Å². The summed E-state index contributed by atoms with van der Waals surface area (Å²) in [6.45, 7) is 13.4. The van der Waals surface area contributed by atoms with Gasteiger partial charge in [0.25, 0.3) is 0 Å². The van der Waals surface area contributed by atoms with Crippen molar-refractivity contribution in [2.24, 2.45) is 0 Å². The number of methoxy groups -OCH3 is 1. The van der Waals surface area contributed by atoms with Gasteiger partial charge in [-0.15, -0.1) is 11.6 Å². The molecule has 0 N–H and O–H groups in total. The van der Waals surface area contributed by atoms with Crippen LogP contribution in [0.2, 0.25) is 0 Å². The molecule has 112 valence electrons. The molecule has 0 aliphatic heterocycles. The van der Waals surface area contributed by atoms with Gasteiger partial charge in [-0.3, -0.25) is 4.79 Å². The van der Waals surface area contributed by atoms with E-state index in [1.54, 1.807) is 36.3 Å². The monoisotopic (exact) mass is 297 g/mol. The minimum Gasteiger partial charge on any atom is -0.497 e. The molecule has 0 saturated carbocycles. The molecule has 0 radical (unpaired) electrons. The molecule has 0 heterocycles. The van der Waals surface area contributed by atoms with Gasteiger partial charge in [0.05, 0.1) is 7.11 Å². The zero-order valence-electron chi connectivity index (χ0n) is 12.8. The maximum absolute atomic E-state index is 12.2. The second-order valence-electron chi connectivity index (χ2n) is 4.86. The maximum atomic E-state index is 12.2. The summed E-state index contributed by atoms with van der Waals surface area (Å²) in [5.74, 6) is 0.281. The van der Waals surface area contributed by atoms with Crippen LogP contribution in [0.3, 0.4) is 0 Å². The van der Waals surface area contributed by atoms with E-state index in [-0.39, 0.29) is 17.3 Å². The van der Waals surface area contributed by atoms with E-state index in [0.29, 0.717) is 11.5 Å². The zero-order chi connectivity index (χ0) is 15.8. The molecular formula is C16H24ClNO2. The fourth-order valence-corrected chi connectivity index (χ4v) is 1.74. The van der Waals surface area contributed by atoms with Crippen LogP contribution in [-0.2, 0) is 9.53 Å². The number of carbonyl (C=O) groups excluding carboxylic acids is 1. The van der Waals surface area contributed by atoms with E-state index >= 15 is 0 Å². The minimum atomic E-state index is -0.348. The largest absolute Gasteiger partial charge is 0.497 e. The molecule has 0 spiro atoms. The molecule has 0 aliphatic rings. The lowest BCUT2D eigenvalue weighted by molar-refractivity contribution is -0.130. The number of nitrogens with zero attached hydrogens (tertiary/aromatic N) is 1. The van der Waals surface area contributed by atoms with Crippen molar-refractivity contribution in [3.63, 3.8) is 0 Å². The summed E-state index contributed by atoms with van der Waals surface area (Å²) in [5, 5.41) is 0. The third-order valence-corrected chi connectivity index (χ3v) is 3.31.